The van der Waals surface area contributed by atoms with Gasteiger partial charge in [0.2, 0.25) is 5.91 Å². The Morgan fingerprint density at radius 2 is 2.17 bits per heavy atom. The third-order valence-corrected chi connectivity index (χ3v) is 5.11. The van der Waals surface area contributed by atoms with Crippen molar-refractivity contribution in [2.24, 2.45) is 5.92 Å². The van der Waals surface area contributed by atoms with Crippen LogP contribution in [-0.4, -0.2) is 24.1 Å². The summed E-state index contributed by atoms with van der Waals surface area (Å²) in [5, 5.41) is 5.58. The average Bonchev–Trinajstić information content (AvgIpc) is 3.04. The zero-order valence-electron chi connectivity index (χ0n) is 14.2. The summed E-state index contributed by atoms with van der Waals surface area (Å²) in [6, 6.07) is 8.46. The van der Waals surface area contributed by atoms with E-state index >= 15 is 0 Å². The lowest BCUT2D eigenvalue weighted by atomic mass is 9.98. The summed E-state index contributed by atoms with van der Waals surface area (Å²) in [6.45, 7) is 5.88. The van der Waals surface area contributed by atoms with Crippen molar-refractivity contribution in [2.45, 2.75) is 39.0 Å². The summed E-state index contributed by atoms with van der Waals surface area (Å²) < 4.78 is 5.43. The quantitative estimate of drug-likeness (QED) is 0.856. The van der Waals surface area contributed by atoms with Crippen molar-refractivity contribution >= 4 is 22.4 Å². The maximum absolute atomic E-state index is 12.1. The largest absolute Gasteiger partial charge is 0.381 e. The number of carbonyl (C=O) groups excluding carboxylic acids is 1. The van der Waals surface area contributed by atoms with Crippen molar-refractivity contribution < 1.29 is 9.53 Å². The van der Waals surface area contributed by atoms with Gasteiger partial charge in [-0.15, -0.1) is 11.3 Å². The molecule has 3 rings (SSSR count). The van der Waals surface area contributed by atoms with Crippen molar-refractivity contribution in [1.82, 2.24) is 4.98 Å². The van der Waals surface area contributed by atoms with Gasteiger partial charge >= 0.3 is 0 Å². The molecular formula is C19H24N2O2S. The molecular weight excluding hydrogens is 320 g/mol. The molecule has 1 aliphatic heterocycles. The molecule has 1 fully saturated rings. The number of rotatable bonds is 5. The lowest BCUT2D eigenvalue weighted by Gasteiger charge is -2.21. The number of hydrogen-bond donors (Lipinski definition) is 1. The molecule has 0 saturated carbocycles. The second kappa shape index (κ2) is 7.90. The smallest absolute Gasteiger partial charge is 0.226 e. The third kappa shape index (κ3) is 4.42. The number of nitrogens with one attached hydrogen (secondary N) is 1. The van der Waals surface area contributed by atoms with Crippen molar-refractivity contribution in [3.05, 3.63) is 35.2 Å². The van der Waals surface area contributed by atoms with Gasteiger partial charge in [-0.25, -0.2) is 4.98 Å². The van der Waals surface area contributed by atoms with Crippen molar-refractivity contribution in [3.8, 4) is 11.3 Å². The number of anilines is 1. The molecule has 1 aromatic carbocycles. The number of carbonyl (C=O) groups is 1. The summed E-state index contributed by atoms with van der Waals surface area (Å²) in [5.41, 5.74) is 3.31. The van der Waals surface area contributed by atoms with Crippen LogP contribution >= 0.6 is 11.3 Å². The fourth-order valence-corrected chi connectivity index (χ4v) is 3.64. The molecule has 1 aliphatic rings. The molecule has 1 amide bonds. The van der Waals surface area contributed by atoms with Crippen molar-refractivity contribution in [2.75, 3.05) is 18.5 Å². The molecule has 0 radical (unpaired) electrons. The van der Waals surface area contributed by atoms with E-state index in [1.54, 1.807) is 0 Å². The second-order valence-corrected chi connectivity index (χ2v) is 7.51. The minimum Gasteiger partial charge on any atom is -0.381 e. The molecule has 24 heavy (non-hydrogen) atoms. The van der Waals surface area contributed by atoms with E-state index in [2.05, 4.69) is 48.4 Å². The topological polar surface area (TPSA) is 51.2 Å². The number of ether oxygens (including phenoxy) is 1. The Labute approximate surface area is 147 Å². The summed E-state index contributed by atoms with van der Waals surface area (Å²) >= 11 is 1.47. The number of nitrogens with zero attached hydrogens (tertiary/aromatic N) is 1. The monoisotopic (exact) mass is 344 g/mol. The first-order valence-corrected chi connectivity index (χ1v) is 9.43. The lowest BCUT2D eigenvalue weighted by molar-refractivity contribution is -0.118. The zero-order chi connectivity index (χ0) is 16.9. The summed E-state index contributed by atoms with van der Waals surface area (Å²) in [7, 11) is 0. The predicted octanol–water partition coefficient (Wildman–Crippen LogP) is 4.69. The maximum atomic E-state index is 12.1. The van der Waals surface area contributed by atoms with Gasteiger partial charge in [-0.2, -0.15) is 0 Å². The molecule has 1 unspecified atom stereocenters. The van der Waals surface area contributed by atoms with Gasteiger partial charge in [-0.05, 0) is 30.2 Å². The maximum Gasteiger partial charge on any atom is 0.226 e. The van der Waals surface area contributed by atoms with Gasteiger partial charge in [0.1, 0.15) is 0 Å². The van der Waals surface area contributed by atoms with Crippen LogP contribution in [0.1, 0.15) is 44.6 Å². The van der Waals surface area contributed by atoms with Gasteiger partial charge in [0.25, 0.3) is 0 Å². The number of amides is 1. The molecule has 2 heterocycles. The van der Waals surface area contributed by atoms with E-state index in [9.17, 15) is 4.79 Å². The summed E-state index contributed by atoms with van der Waals surface area (Å²) in [5.74, 6) is 0.886. The van der Waals surface area contributed by atoms with Gasteiger partial charge in [0, 0.05) is 30.6 Å². The van der Waals surface area contributed by atoms with Crippen LogP contribution in [0.15, 0.2) is 29.6 Å². The molecule has 2 aromatic rings. The summed E-state index contributed by atoms with van der Waals surface area (Å²) in [6.07, 6.45) is 2.63. The first kappa shape index (κ1) is 17.1. The van der Waals surface area contributed by atoms with Crippen LogP contribution in [-0.2, 0) is 9.53 Å². The van der Waals surface area contributed by atoms with Crippen LogP contribution in [0.3, 0.4) is 0 Å². The fraction of sp³-hybridized carbons (Fsp3) is 0.474. The molecule has 1 N–H and O–H groups in total. The lowest BCUT2D eigenvalue weighted by Crippen LogP contribution is -2.23. The highest BCUT2D eigenvalue weighted by Crippen LogP contribution is 2.27. The molecule has 0 bridgehead atoms. The molecule has 128 valence electrons. The van der Waals surface area contributed by atoms with Crippen LogP contribution in [0.4, 0.5) is 5.13 Å². The highest BCUT2D eigenvalue weighted by Gasteiger charge is 2.18. The highest BCUT2D eigenvalue weighted by molar-refractivity contribution is 7.14. The van der Waals surface area contributed by atoms with Crippen LogP contribution in [0.25, 0.3) is 11.3 Å². The Morgan fingerprint density at radius 1 is 1.38 bits per heavy atom. The molecule has 5 heteroatoms. The fourth-order valence-electron chi connectivity index (χ4n) is 2.90. The number of benzene rings is 1. The third-order valence-electron chi connectivity index (χ3n) is 4.35. The SMILES string of the molecule is CC(C)c1ccc(-c2csc(NC(=O)CC3CCCOC3)n2)cc1. The van der Waals surface area contributed by atoms with Gasteiger partial charge < -0.3 is 10.1 Å². The Hall–Kier alpha value is -1.72. The average molecular weight is 344 g/mol. The van der Waals surface area contributed by atoms with Crippen molar-refractivity contribution in [3.63, 3.8) is 0 Å². The van der Waals surface area contributed by atoms with E-state index in [4.69, 9.17) is 4.74 Å². The number of thiazole rings is 1. The molecule has 1 aromatic heterocycles. The Kier molecular flexibility index (Phi) is 5.63. The van der Waals surface area contributed by atoms with Gasteiger partial charge in [-0.3, -0.25) is 4.79 Å². The molecule has 0 aliphatic carbocycles. The first-order chi connectivity index (χ1) is 11.6. The Morgan fingerprint density at radius 3 is 2.83 bits per heavy atom. The molecule has 0 spiro atoms. The summed E-state index contributed by atoms with van der Waals surface area (Å²) in [4.78, 5) is 16.7. The number of hydrogen-bond acceptors (Lipinski definition) is 4. The van der Waals surface area contributed by atoms with E-state index in [0.29, 0.717) is 30.0 Å². The Bertz CT molecular complexity index is 673. The highest BCUT2D eigenvalue weighted by atomic mass is 32.1. The van der Waals surface area contributed by atoms with Gasteiger partial charge in [-0.1, -0.05) is 38.1 Å². The molecule has 1 saturated heterocycles. The first-order valence-electron chi connectivity index (χ1n) is 8.55. The minimum absolute atomic E-state index is 0.0292. The van der Waals surface area contributed by atoms with E-state index in [1.807, 2.05) is 5.38 Å². The van der Waals surface area contributed by atoms with Crippen LogP contribution in [0, 0.1) is 5.92 Å². The molecule has 1 atom stereocenters. The van der Waals surface area contributed by atoms with Crippen LogP contribution in [0.5, 0.6) is 0 Å². The second-order valence-electron chi connectivity index (χ2n) is 6.65. The van der Waals surface area contributed by atoms with Crippen LogP contribution < -0.4 is 5.32 Å². The zero-order valence-corrected chi connectivity index (χ0v) is 15.1. The van der Waals surface area contributed by atoms with Gasteiger partial charge in [0.15, 0.2) is 5.13 Å². The van der Waals surface area contributed by atoms with Crippen molar-refractivity contribution in [1.29, 1.82) is 0 Å². The predicted molar refractivity (Wildman–Crippen MR) is 98.4 cm³/mol. The normalized spacial score (nSPS) is 17.9. The molecule has 4 nitrogen and oxygen atoms in total. The van der Waals surface area contributed by atoms with E-state index in [0.717, 1.165) is 30.7 Å². The van der Waals surface area contributed by atoms with E-state index in [-0.39, 0.29) is 5.91 Å². The van der Waals surface area contributed by atoms with Gasteiger partial charge in [0.05, 0.1) is 5.69 Å². The number of aromatic nitrogens is 1. The van der Waals surface area contributed by atoms with E-state index in [1.165, 1.54) is 16.9 Å². The minimum atomic E-state index is 0.0292. The Balaban J connectivity index is 1.59. The van der Waals surface area contributed by atoms with E-state index < -0.39 is 0 Å². The standard InChI is InChI=1S/C19H24N2O2S/c1-13(2)15-5-7-16(8-6-15)17-12-24-19(20-17)21-18(22)10-14-4-3-9-23-11-14/h5-8,12-14H,3-4,9-11H2,1-2H3,(H,20,21,22). The van der Waals surface area contributed by atoms with Crippen LogP contribution in [0.2, 0.25) is 0 Å².